The van der Waals surface area contributed by atoms with Gasteiger partial charge in [-0.1, -0.05) is 25.4 Å². The first-order valence-electron chi connectivity index (χ1n) is 9.32. The van der Waals surface area contributed by atoms with Crippen LogP contribution in [-0.4, -0.2) is 29.0 Å². The Morgan fingerprint density at radius 2 is 2.07 bits per heavy atom. The van der Waals surface area contributed by atoms with E-state index in [0.717, 1.165) is 36.3 Å². The highest BCUT2D eigenvalue weighted by Gasteiger charge is 2.49. The molecule has 2 unspecified atom stereocenters. The van der Waals surface area contributed by atoms with Gasteiger partial charge in [-0.15, -0.1) is 0 Å². The van der Waals surface area contributed by atoms with Gasteiger partial charge in [0.05, 0.1) is 27.3 Å². The van der Waals surface area contributed by atoms with E-state index in [-0.39, 0.29) is 11.0 Å². The van der Waals surface area contributed by atoms with Crippen LogP contribution in [0.2, 0.25) is 5.02 Å². The van der Waals surface area contributed by atoms with Crippen LogP contribution in [0.15, 0.2) is 50.9 Å². The van der Waals surface area contributed by atoms with Gasteiger partial charge in [0.25, 0.3) is 0 Å². The number of fused-ring (bicyclic) bond motifs is 4. The molecule has 0 saturated carbocycles. The third-order valence-corrected chi connectivity index (χ3v) is 7.31. The van der Waals surface area contributed by atoms with Crippen molar-refractivity contribution < 1.29 is 13.4 Å². The molecular formula is C21H21ClN2O3S. The molecule has 2 aliphatic heterocycles. The third-order valence-electron chi connectivity index (χ3n) is 5.77. The van der Waals surface area contributed by atoms with Crippen LogP contribution in [0, 0.1) is 0 Å². The Hall–Kier alpha value is -1.73. The fourth-order valence-corrected chi connectivity index (χ4v) is 5.58. The summed E-state index contributed by atoms with van der Waals surface area (Å²) in [5, 5.41) is 5.22. The molecule has 28 heavy (non-hydrogen) atoms. The summed E-state index contributed by atoms with van der Waals surface area (Å²) in [6, 6.07) is 7.49. The van der Waals surface area contributed by atoms with Crippen molar-refractivity contribution in [1.82, 2.24) is 10.3 Å². The van der Waals surface area contributed by atoms with Crippen LogP contribution in [0.25, 0.3) is 11.0 Å². The van der Waals surface area contributed by atoms with E-state index in [1.165, 1.54) is 11.8 Å². The van der Waals surface area contributed by atoms with E-state index in [1.807, 2.05) is 18.2 Å². The van der Waals surface area contributed by atoms with Crippen LogP contribution in [0.1, 0.15) is 31.6 Å². The first-order valence-corrected chi connectivity index (χ1v) is 10.9. The van der Waals surface area contributed by atoms with Crippen molar-refractivity contribution in [3.63, 3.8) is 0 Å². The van der Waals surface area contributed by atoms with Crippen LogP contribution in [-0.2, 0) is 26.5 Å². The van der Waals surface area contributed by atoms with E-state index in [1.54, 1.807) is 12.3 Å². The van der Waals surface area contributed by atoms with Crippen LogP contribution in [0.3, 0.4) is 0 Å². The van der Waals surface area contributed by atoms with E-state index in [4.69, 9.17) is 20.8 Å². The van der Waals surface area contributed by atoms with E-state index in [2.05, 4.69) is 24.1 Å². The van der Waals surface area contributed by atoms with Gasteiger partial charge in [-0.05, 0) is 30.7 Å². The third kappa shape index (κ3) is 2.74. The Kier molecular flexibility index (Phi) is 4.18. The molecule has 146 valence electrons. The number of aromatic nitrogens is 1. The Bertz CT molecular complexity index is 1100. The quantitative estimate of drug-likeness (QED) is 0.680. The lowest BCUT2D eigenvalue weighted by Gasteiger charge is -2.40. The molecule has 1 saturated heterocycles. The first kappa shape index (κ1) is 18.3. The van der Waals surface area contributed by atoms with Gasteiger partial charge in [0.1, 0.15) is 16.9 Å². The minimum atomic E-state index is -1.38. The van der Waals surface area contributed by atoms with Gasteiger partial charge in [-0.2, -0.15) is 0 Å². The van der Waals surface area contributed by atoms with Crippen molar-refractivity contribution in [2.45, 2.75) is 41.0 Å². The van der Waals surface area contributed by atoms with Crippen LogP contribution >= 0.6 is 11.6 Å². The second kappa shape index (κ2) is 6.39. The predicted molar refractivity (Wildman–Crippen MR) is 108 cm³/mol. The largest absolute Gasteiger partial charge is 0.459 e. The predicted octanol–water partition coefficient (Wildman–Crippen LogP) is 4.14. The number of nitrogens with one attached hydrogen (secondary N) is 1. The second-order valence-corrected chi connectivity index (χ2v) is 10.1. The molecule has 3 aromatic rings. The maximum atomic E-state index is 13.0. The topological polar surface area (TPSA) is 64.4 Å². The molecule has 7 heteroatoms. The smallest absolute Gasteiger partial charge is 0.135 e. The van der Waals surface area contributed by atoms with Crippen LogP contribution in [0.5, 0.6) is 0 Å². The summed E-state index contributed by atoms with van der Waals surface area (Å²) in [6.45, 7) is 6.64. The number of pyridine rings is 1. The van der Waals surface area contributed by atoms with E-state index in [0.29, 0.717) is 21.4 Å². The van der Waals surface area contributed by atoms with Gasteiger partial charge >= 0.3 is 0 Å². The maximum Gasteiger partial charge on any atom is 0.135 e. The summed E-state index contributed by atoms with van der Waals surface area (Å²) in [6.07, 6.45) is 4.00. The molecule has 1 aromatic carbocycles. The summed E-state index contributed by atoms with van der Waals surface area (Å²) in [5.41, 5.74) is 1.66. The van der Waals surface area contributed by atoms with Crippen LogP contribution < -0.4 is 5.32 Å². The molecule has 1 N–H and O–H groups in total. The number of hydrogen-bond donors (Lipinski definition) is 1. The van der Waals surface area contributed by atoms with Gasteiger partial charge < -0.3 is 14.5 Å². The Morgan fingerprint density at radius 3 is 2.82 bits per heavy atom. The molecule has 2 aromatic heterocycles. The molecule has 0 bridgehead atoms. The number of rotatable bonds is 2. The highest BCUT2D eigenvalue weighted by Crippen LogP contribution is 2.47. The lowest BCUT2D eigenvalue weighted by Crippen LogP contribution is -2.53. The highest BCUT2D eigenvalue weighted by molar-refractivity contribution is 7.85. The Labute approximate surface area is 170 Å². The fraction of sp³-hybridized carbons (Fsp3) is 0.381. The van der Waals surface area contributed by atoms with Crippen molar-refractivity contribution in [3.05, 3.63) is 53.0 Å². The van der Waals surface area contributed by atoms with Crippen molar-refractivity contribution in [3.8, 4) is 0 Å². The van der Waals surface area contributed by atoms with E-state index in [9.17, 15) is 4.21 Å². The average molecular weight is 417 g/mol. The van der Waals surface area contributed by atoms with E-state index < -0.39 is 10.8 Å². The van der Waals surface area contributed by atoms with E-state index >= 15 is 0 Å². The van der Waals surface area contributed by atoms with Gasteiger partial charge in [0, 0.05) is 46.8 Å². The standard InChI is InChI=1S/C21H21ClN2O3S/c1-20(2)11-24-21(5-6-26-12-21)19-18(20)16-4-3-14(8-17(16)27-19)28(25)15-7-13(22)9-23-10-15/h3-4,7-10,24H,5-6,11-12H2,1-2H3. The summed E-state index contributed by atoms with van der Waals surface area (Å²) in [5.74, 6) is 0.962. The molecular weight excluding hydrogens is 396 g/mol. The zero-order valence-corrected chi connectivity index (χ0v) is 17.3. The Balaban J connectivity index is 1.65. The van der Waals surface area contributed by atoms with Crippen LogP contribution in [0.4, 0.5) is 0 Å². The molecule has 1 fully saturated rings. The number of halogens is 1. The van der Waals surface area contributed by atoms with Crippen molar-refractivity contribution in [1.29, 1.82) is 0 Å². The molecule has 2 atom stereocenters. The zero-order valence-electron chi connectivity index (χ0n) is 15.8. The lowest BCUT2D eigenvalue weighted by molar-refractivity contribution is 0.144. The second-order valence-electron chi connectivity index (χ2n) is 8.19. The number of furan rings is 1. The zero-order chi connectivity index (χ0) is 19.5. The molecule has 0 radical (unpaired) electrons. The molecule has 5 nitrogen and oxygen atoms in total. The molecule has 2 aliphatic rings. The van der Waals surface area contributed by atoms with Gasteiger partial charge in [-0.25, -0.2) is 4.21 Å². The molecule has 5 rings (SSSR count). The molecule has 1 spiro atoms. The molecule has 4 heterocycles. The lowest BCUT2D eigenvalue weighted by atomic mass is 9.74. The normalized spacial score (nSPS) is 24.5. The summed E-state index contributed by atoms with van der Waals surface area (Å²) in [7, 11) is -1.38. The minimum absolute atomic E-state index is 0.0635. The van der Waals surface area contributed by atoms with Gasteiger partial charge in [0.15, 0.2) is 0 Å². The highest BCUT2D eigenvalue weighted by atomic mass is 35.5. The number of hydrogen-bond acceptors (Lipinski definition) is 5. The van der Waals surface area contributed by atoms with Crippen molar-refractivity contribution >= 4 is 33.4 Å². The fourth-order valence-electron chi connectivity index (χ4n) is 4.27. The number of nitrogens with zero attached hydrogens (tertiary/aromatic N) is 1. The van der Waals surface area contributed by atoms with Crippen molar-refractivity contribution in [2.24, 2.45) is 0 Å². The summed E-state index contributed by atoms with van der Waals surface area (Å²) < 4.78 is 25.1. The Morgan fingerprint density at radius 1 is 1.21 bits per heavy atom. The SMILES string of the molecule is CC1(C)CNC2(CCOC2)c2oc3cc(S(=O)c4cncc(Cl)c4)ccc3c21. The summed E-state index contributed by atoms with van der Waals surface area (Å²) >= 11 is 6.01. The summed E-state index contributed by atoms with van der Waals surface area (Å²) in [4.78, 5) is 5.29. The number of ether oxygens (including phenoxy) is 1. The first-order chi connectivity index (χ1) is 13.4. The van der Waals surface area contributed by atoms with Crippen molar-refractivity contribution in [2.75, 3.05) is 19.8 Å². The monoisotopic (exact) mass is 416 g/mol. The maximum absolute atomic E-state index is 13.0. The molecule has 0 amide bonds. The minimum Gasteiger partial charge on any atom is -0.459 e. The average Bonchev–Trinajstić information content (AvgIpc) is 3.30. The van der Waals surface area contributed by atoms with Gasteiger partial charge in [-0.3, -0.25) is 4.98 Å². The van der Waals surface area contributed by atoms with Gasteiger partial charge in [0.2, 0.25) is 0 Å². The number of benzene rings is 1. The molecule has 0 aliphatic carbocycles.